The van der Waals surface area contributed by atoms with Crippen LogP contribution in [0.3, 0.4) is 0 Å². The third-order valence-corrected chi connectivity index (χ3v) is 4.70. The van der Waals surface area contributed by atoms with Crippen LogP contribution in [0.2, 0.25) is 10.0 Å². The van der Waals surface area contributed by atoms with Crippen molar-refractivity contribution in [3.63, 3.8) is 0 Å². The molecular weight excluding hydrogens is 301 g/mol. The summed E-state index contributed by atoms with van der Waals surface area (Å²) in [6.45, 7) is 0. The van der Waals surface area contributed by atoms with E-state index in [-0.39, 0.29) is 0 Å². The van der Waals surface area contributed by atoms with Gasteiger partial charge in [0.25, 0.3) is 0 Å². The number of hydrogen-bond acceptors (Lipinski definition) is 2. The topological polar surface area (TPSA) is 43.1 Å². The molecule has 0 aliphatic carbocycles. The van der Waals surface area contributed by atoms with E-state index in [1.165, 1.54) is 0 Å². The van der Waals surface area contributed by atoms with Gasteiger partial charge in [0, 0.05) is 32.1 Å². The normalized spacial score (nSPS) is 12.3. The van der Waals surface area contributed by atoms with E-state index in [1.54, 1.807) is 24.3 Å². The summed E-state index contributed by atoms with van der Waals surface area (Å²) in [5, 5.41) is 1.18. The molecule has 2 aromatic rings. The Morgan fingerprint density at radius 3 is 2.32 bits per heavy atom. The highest BCUT2D eigenvalue weighted by Gasteiger charge is 2.11. The first-order valence-electron chi connectivity index (χ1n) is 5.69. The van der Waals surface area contributed by atoms with E-state index >= 15 is 0 Å². The highest BCUT2D eigenvalue weighted by molar-refractivity contribution is 7.83. The van der Waals surface area contributed by atoms with Gasteiger partial charge in [-0.25, -0.2) is 0 Å². The maximum absolute atomic E-state index is 12.2. The van der Waals surface area contributed by atoms with Crippen LogP contribution in [0, 0.1) is 0 Å². The Morgan fingerprint density at radius 1 is 0.947 bits per heavy atom. The zero-order valence-corrected chi connectivity index (χ0v) is 12.4. The van der Waals surface area contributed by atoms with Crippen molar-refractivity contribution in [1.82, 2.24) is 0 Å². The molecule has 0 amide bonds. The quantitative estimate of drug-likeness (QED) is 0.866. The molecule has 2 aromatic carbocycles. The molecule has 100 valence electrons. The van der Waals surface area contributed by atoms with E-state index in [1.807, 2.05) is 18.2 Å². The molecule has 0 aliphatic rings. The second-order valence-corrected chi connectivity index (χ2v) is 6.40. The number of benzene rings is 2. The maximum Gasteiger partial charge on any atom is 0.0524 e. The van der Waals surface area contributed by atoms with E-state index in [0.717, 1.165) is 11.1 Å². The summed E-state index contributed by atoms with van der Waals surface area (Å²) in [5.74, 6) is 0.723. The van der Waals surface area contributed by atoms with Crippen LogP contribution in [-0.2, 0) is 22.3 Å². The molecule has 0 spiro atoms. The largest absolute Gasteiger partial charge is 0.398 e. The fourth-order valence-electron chi connectivity index (χ4n) is 1.73. The van der Waals surface area contributed by atoms with E-state index in [0.29, 0.717) is 27.2 Å². The summed E-state index contributed by atoms with van der Waals surface area (Å²) >= 11 is 12.1. The molecule has 1 atom stereocenters. The molecule has 0 saturated carbocycles. The van der Waals surface area contributed by atoms with E-state index in [9.17, 15) is 4.21 Å². The van der Waals surface area contributed by atoms with Crippen molar-refractivity contribution >= 4 is 39.7 Å². The molecule has 2 nitrogen and oxygen atoms in total. The van der Waals surface area contributed by atoms with Gasteiger partial charge in [0.1, 0.15) is 0 Å². The van der Waals surface area contributed by atoms with Gasteiger partial charge in [0.05, 0.1) is 11.5 Å². The number of rotatable bonds is 4. The van der Waals surface area contributed by atoms with Gasteiger partial charge in [-0.05, 0) is 23.8 Å². The summed E-state index contributed by atoms with van der Waals surface area (Å²) in [4.78, 5) is 0. The van der Waals surface area contributed by atoms with Crippen molar-refractivity contribution in [2.75, 3.05) is 5.73 Å². The van der Waals surface area contributed by atoms with Crippen LogP contribution in [0.4, 0.5) is 5.69 Å². The lowest BCUT2D eigenvalue weighted by molar-refractivity contribution is 0.682. The molecule has 2 N–H and O–H groups in total. The van der Waals surface area contributed by atoms with E-state index in [2.05, 4.69) is 0 Å². The fraction of sp³-hybridized carbons (Fsp3) is 0.143. The molecule has 0 saturated heterocycles. The molecule has 1 unspecified atom stereocenters. The Balaban J connectivity index is 2.12. The van der Waals surface area contributed by atoms with Gasteiger partial charge in [-0.1, -0.05) is 47.5 Å². The van der Waals surface area contributed by atoms with Crippen LogP contribution in [0.25, 0.3) is 0 Å². The molecule has 0 heterocycles. The molecule has 19 heavy (non-hydrogen) atoms. The van der Waals surface area contributed by atoms with Gasteiger partial charge in [0.15, 0.2) is 0 Å². The van der Waals surface area contributed by atoms with Gasteiger partial charge in [-0.15, -0.1) is 0 Å². The summed E-state index contributed by atoms with van der Waals surface area (Å²) < 4.78 is 12.2. The molecule has 0 bridgehead atoms. The highest BCUT2D eigenvalue weighted by Crippen LogP contribution is 2.25. The summed E-state index contributed by atoms with van der Waals surface area (Å²) in [6, 6.07) is 12.7. The van der Waals surface area contributed by atoms with Gasteiger partial charge in [-0.3, -0.25) is 4.21 Å². The molecule has 0 fully saturated rings. The second-order valence-electron chi connectivity index (χ2n) is 4.13. The van der Waals surface area contributed by atoms with Crippen molar-refractivity contribution in [1.29, 1.82) is 0 Å². The van der Waals surface area contributed by atoms with Crippen LogP contribution in [0.1, 0.15) is 11.1 Å². The molecule has 2 rings (SSSR count). The molecule has 0 aliphatic heterocycles. The van der Waals surface area contributed by atoms with Crippen LogP contribution in [0.15, 0.2) is 42.5 Å². The highest BCUT2D eigenvalue weighted by atomic mass is 35.5. The van der Waals surface area contributed by atoms with Gasteiger partial charge in [-0.2, -0.15) is 0 Å². The SMILES string of the molecule is Nc1cccc(Cl)c1CS(=O)Cc1ccccc1Cl. The first kappa shape index (κ1) is 14.4. The third kappa shape index (κ3) is 3.72. The standard InChI is InChI=1S/C14H13Cl2NOS/c15-12-5-2-1-4-10(12)8-19(18)9-11-13(16)6-3-7-14(11)17/h1-7H,8-9,17H2. The van der Waals surface area contributed by atoms with Crippen LogP contribution in [-0.4, -0.2) is 4.21 Å². The minimum absolute atomic E-state index is 0.330. The lowest BCUT2D eigenvalue weighted by atomic mass is 10.2. The number of halogens is 2. The van der Waals surface area contributed by atoms with Crippen LogP contribution < -0.4 is 5.73 Å². The summed E-state index contributed by atoms with van der Waals surface area (Å²) in [7, 11) is -1.10. The number of nitrogen functional groups attached to an aromatic ring is 1. The van der Waals surface area contributed by atoms with Crippen molar-refractivity contribution in [3.05, 3.63) is 63.6 Å². The average molecular weight is 314 g/mol. The molecule has 5 heteroatoms. The first-order valence-corrected chi connectivity index (χ1v) is 7.93. The van der Waals surface area contributed by atoms with Gasteiger partial charge < -0.3 is 5.73 Å². The monoisotopic (exact) mass is 313 g/mol. The second kappa shape index (κ2) is 6.42. The maximum atomic E-state index is 12.2. The molecule has 0 radical (unpaired) electrons. The third-order valence-electron chi connectivity index (χ3n) is 2.73. The average Bonchev–Trinajstić information content (AvgIpc) is 2.37. The van der Waals surface area contributed by atoms with Crippen molar-refractivity contribution in [3.8, 4) is 0 Å². The van der Waals surface area contributed by atoms with E-state index in [4.69, 9.17) is 28.9 Å². The Kier molecular flexibility index (Phi) is 4.86. The summed E-state index contributed by atoms with van der Waals surface area (Å²) in [5.41, 5.74) is 8.02. The Hall–Kier alpha value is -1.03. The summed E-state index contributed by atoms with van der Waals surface area (Å²) in [6.07, 6.45) is 0. The zero-order valence-electron chi connectivity index (χ0n) is 10.1. The zero-order chi connectivity index (χ0) is 13.8. The Labute approximate surface area is 125 Å². The number of nitrogens with two attached hydrogens (primary N) is 1. The van der Waals surface area contributed by atoms with Gasteiger partial charge in [0.2, 0.25) is 0 Å². The number of anilines is 1. The Bertz CT molecular complexity index is 596. The Morgan fingerprint density at radius 2 is 1.63 bits per heavy atom. The lowest BCUT2D eigenvalue weighted by Gasteiger charge is -2.08. The predicted octanol–water partition coefficient (Wildman–Crippen LogP) is 4.02. The van der Waals surface area contributed by atoms with Crippen molar-refractivity contribution in [2.45, 2.75) is 11.5 Å². The van der Waals surface area contributed by atoms with E-state index < -0.39 is 10.8 Å². The molecular formula is C14H13Cl2NOS. The van der Waals surface area contributed by atoms with Crippen LogP contribution >= 0.6 is 23.2 Å². The van der Waals surface area contributed by atoms with Crippen molar-refractivity contribution < 1.29 is 4.21 Å². The molecule has 0 aromatic heterocycles. The minimum atomic E-state index is -1.10. The predicted molar refractivity (Wildman–Crippen MR) is 82.9 cm³/mol. The minimum Gasteiger partial charge on any atom is -0.398 e. The lowest BCUT2D eigenvalue weighted by Crippen LogP contribution is -2.03. The first-order chi connectivity index (χ1) is 9.08. The van der Waals surface area contributed by atoms with Gasteiger partial charge >= 0.3 is 0 Å². The fourth-order valence-corrected chi connectivity index (χ4v) is 3.68. The van der Waals surface area contributed by atoms with Crippen LogP contribution in [0.5, 0.6) is 0 Å². The smallest absolute Gasteiger partial charge is 0.0524 e. The van der Waals surface area contributed by atoms with Crippen molar-refractivity contribution in [2.24, 2.45) is 0 Å². The number of hydrogen-bond donors (Lipinski definition) is 1.